The number of rotatable bonds is 2. The number of quaternary nitrogens is 1. The maximum absolute atomic E-state index is 11.5. The first-order chi connectivity index (χ1) is 10.9. The molecule has 3 atom stereocenters. The van der Waals surface area contributed by atoms with E-state index in [1.54, 1.807) is 30.3 Å². The molecule has 0 bridgehead atoms. The number of aromatic hydroxyl groups is 1. The summed E-state index contributed by atoms with van der Waals surface area (Å²) < 4.78 is -0.206. The average molecular weight is 353 g/mol. The number of benzene rings is 2. The maximum atomic E-state index is 11.5. The van der Waals surface area contributed by atoms with Gasteiger partial charge in [-0.1, -0.05) is 30.1 Å². The van der Waals surface area contributed by atoms with Crippen LogP contribution in [-0.2, 0) is 0 Å². The molecule has 122 valence electrons. The van der Waals surface area contributed by atoms with E-state index in [-0.39, 0.29) is 16.4 Å². The Morgan fingerprint density at radius 1 is 1.04 bits per heavy atom. The number of phenolic OH excluding ortho intramolecular Hbond substituents is 1. The van der Waals surface area contributed by atoms with Crippen LogP contribution in [-0.4, -0.2) is 16.9 Å². The largest absolute Gasteiger partial charge is 0.508 e. The standard InChI is InChI=1S/C18H19Cl2NO2/c1-12-2-9-18(16-8-3-13(19)10-17(16)20)21(23,11-12)14-4-6-15(22)7-5-14/h3-8,10,12,18,23H,2,9,11H2,1H3/p+1. The first kappa shape index (κ1) is 16.6. The van der Waals surface area contributed by atoms with E-state index in [9.17, 15) is 10.3 Å². The van der Waals surface area contributed by atoms with Crippen LogP contribution >= 0.6 is 23.2 Å². The molecular formula is C18H20Cl2NO2+. The summed E-state index contributed by atoms with van der Waals surface area (Å²) >= 11 is 12.4. The highest BCUT2D eigenvalue weighted by atomic mass is 35.5. The van der Waals surface area contributed by atoms with Crippen molar-refractivity contribution in [3.63, 3.8) is 0 Å². The number of piperidine rings is 1. The Kier molecular flexibility index (Phi) is 4.56. The van der Waals surface area contributed by atoms with Crippen molar-refractivity contribution in [2.45, 2.75) is 25.8 Å². The summed E-state index contributed by atoms with van der Waals surface area (Å²) in [4.78, 5) is 0. The highest BCUT2D eigenvalue weighted by Gasteiger charge is 2.45. The molecule has 0 amide bonds. The highest BCUT2D eigenvalue weighted by molar-refractivity contribution is 6.35. The van der Waals surface area contributed by atoms with Crippen molar-refractivity contribution >= 4 is 28.9 Å². The molecule has 3 unspecified atom stereocenters. The second kappa shape index (κ2) is 6.33. The molecule has 5 heteroatoms. The van der Waals surface area contributed by atoms with Gasteiger partial charge in [0.05, 0.1) is 5.02 Å². The molecule has 2 N–H and O–H groups in total. The number of hydroxylamine groups is 2. The third-order valence-corrected chi connectivity index (χ3v) is 5.22. The summed E-state index contributed by atoms with van der Waals surface area (Å²) in [6, 6.07) is 12.0. The van der Waals surface area contributed by atoms with Gasteiger partial charge in [-0.15, -0.1) is 4.65 Å². The molecule has 1 saturated heterocycles. The Hall–Kier alpha value is -1.26. The predicted molar refractivity (Wildman–Crippen MR) is 94.2 cm³/mol. The van der Waals surface area contributed by atoms with E-state index in [1.165, 1.54) is 0 Å². The second-order valence-electron chi connectivity index (χ2n) is 6.39. The van der Waals surface area contributed by atoms with Crippen molar-refractivity contribution in [2.75, 3.05) is 6.54 Å². The van der Waals surface area contributed by atoms with Gasteiger partial charge in [0.2, 0.25) is 0 Å². The van der Waals surface area contributed by atoms with Gasteiger partial charge in [0.25, 0.3) is 0 Å². The van der Waals surface area contributed by atoms with Crippen molar-refractivity contribution < 1.29 is 10.3 Å². The number of halogens is 2. The van der Waals surface area contributed by atoms with Gasteiger partial charge in [0.1, 0.15) is 12.3 Å². The van der Waals surface area contributed by atoms with E-state index in [0.29, 0.717) is 22.5 Å². The van der Waals surface area contributed by atoms with Gasteiger partial charge in [-0.2, -0.15) is 0 Å². The molecule has 1 aliphatic heterocycles. The summed E-state index contributed by atoms with van der Waals surface area (Å²) in [5.41, 5.74) is 1.66. The SMILES string of the molecule is CC1CCC(c2ccc(Cl)cc2Cl)[N+](O)(c2ccc(O)cc2)C1. The molecule has 0 saturated carbocycles. The lowest BCUT2D eigenvalue weighted by Gasteiger charge is -2.43. The summed E-state index contributed by atoms with van der Waals surface area (Å²) in [6.07, 6.45) is 1.86. The van der Waals surface area contributed by atoms with Gasteiger partial charge in [-0.05, 0) is 36.8 Å². The van der Waals surface area contributed by atoms with Gasteiger partial charge in [0, 0.05) is 35.1 Å². The van der Waals surface area contributed by atoms with Crippen LogP contribution in [0.2, 0.25) is 10.0 Å². The Balaban J connectivity index is 2.07. The average Bonchev–Trinajstić information content (AvgIpc) is 2.49. The van der Waals surface area contributed by atoms with Crippen LogP contribution in [0, 0.1) is 5.92 Å². The zero-order chi connectivity index (χ0) is 16.6. The van der Waals surface area contributed by atoms with Gasteiger partial charge in [0.15, 0.2) is 11.7 Å². The van der Waals surface area contributed by atoms with Crippen LogP contribution in [0.1, 0.15) is 31.4 Å². The van der Waals surface area contributed by atoms with Gasteiger partial charge in [-0.25, -0.2) is 5.21 Å². The quantitative estimate of drug-likeness (QED) is 0.693. The third-order valence-electron chi connectivity index (χ3n) is 4.66. The molecular weight excluding hydrogens is 333 g/mol. The molecule has 1 heterocycles. The van der Waals surface area contributed by atoms with Crippen molar-refractivity contribution in [3.05, 3.63) is 58.1 Å². The number of hydrogen-bond donors (Lipinski definition) is 2. The van der Waals surface area contributed by atoms with Crippen LogP contribution in [0.25, 0.3) is 0 Å². The van der Waals surface area contributed by atoms with Gasteiger partial charge in [-0.3, -0.25) is 0 Å². The minimum Gasteiger partial charge on any atom is -0.508 e. The highest BCUT2D eigenvalue weighted by Crippen LogP contribution is 2.44. The molecule has 0 aliphatic carbocycles. The van der Waals surface area contributed by atoms with E-state index in [1.807, 2.05) is 12.1 Å². The van der Waals surface area contributed by atoms with E-state index < -0.39 is 0 Å². The van der Waals surface area contributed by atoms with Crippen molar-refractivity contribution in [2.24, 2.45) is 5.92 Å². The smallest absolute Gasteiger partial charge is 0.165 e. The second-order valence-corrected chi connectivity index (χ2v) is 7.23. The van der Waals surface area contributed by atoms with Crippen molar-refractivity contribution in [3.8, 4) is 5.75 Å². The molecule has 3 nitrogen and oxygen atoms in total. The Morgan fingerprint density at radius 3 is 2.39 bits per heavy atom. The third kappa shape index (κ3) is 3.20. The van der Waals surface area contributed by atoms with E-state index in [0.717, 1.165) is 24.1 Å². The summed E-state index contributed by atoms with van der Waals surface area (Å²) in [5.74, 6) is 0.586. The van der Waals surface area contributed by atoms with E-state index in [2.05, 4.69) is 6.92 Å². The normalized spacial score (nSPS) is 27.8. The van der Waals surface area contributed by atoms with Gasteiger partial charge < -0.3 is 5.11 Å². The van der Waals surface area contributed by atoms with Crippen LogP contribution in [0.3, 0.4) is 0 Å². The molecule has 1 aliphatic rings. The lowest BCUT2D eigenvalue weighted by molar-refractivity contribution is -0.143. The summed E-state index contributed by atoms with van der Waals surface area (Å²) in [5, 5.41) is 22.2. The summed E-state index contributed by atoms with van der Waals surface area (Å²) in [6.45, 7) is 2.75. The van der Waals surface area contributed by atoms with Crippen LogP contribution in [0.15, 0.2) is 42.5 Å². The van der Waals surface area contributed by atoms with E-state index in [4.69, 9.17) is 23.2 Å². The molecule has 0 radical (unpaired) electrons. The Labute approximate surface area is 146 Å². The minimum absolute atomic E-state index is 0.152. The number of phenols is 1. The molecule has 23 heavy (non-hydrogen) atoms. The zero-order valence-corrected chi connectivity index (χ0v) is 14.4. The fraction of sp³-hybridized carbons (Fsp3) is 0.333. The lowest BCUT2D eigenvalue weighted by Crippen LogP contribution is -2.54. The number of nitrogens with zero attached hydrogens (tertiary/aromatic N) is 1. The molecule has 3 rings (SSSR count). The molecule has 0 spiro atoms. The van der Waals surface area contributed by atoms with E-state index >= 15 is 0 Å². The van der Waals surface area contributed by atoms with Crippen molar-refractivity contribution in [1.82, 2.24) is 4.65 Å². The maximum Gasteiger partial charge on any atom is 0.165 e. The van der Waals surface area contributed by atoms with Crippen LogP contribution < -0.4 is 4.65 Å². The Morgan fingerprint density at radius 2 is 1.74 bits per heavy atom. The fourth-order valence-corrected chi connectivity index (χ4v) is 4.04. The molecule has 2 aromatic rings. The fourth-order valence-electron chi connectivity index (χ4n) is 3.50. The topological polar surface area (TPSA) is 40.5 Å². The van der Waals surface area contributed by atoms with Gasteiger partial charge >= 0.3 is 0 Å². The summed E-state index contributed by atoms with van der Waals surface area (Å²) in [7, 11) is 0. The van der Waals surface area contributed by atoms with Crippen LogP contribution in [0.5, 0.6) is 5.75 Å². The minimum atomic E-state index is -0.206. The molecule has 1 fully saturated rings. The van der Waals surface area contributed by atoms with Crippen LogP contribution in [0.4, 0.5) is 5.69 Å². The zero-order valence-electron chi connectivity index (χ0n) is 12.9. The molecule has 2 aromatic carbocycles. The first-order valence-electron chi connectivity index (χ1n) is 7.75. The molecule has 0 aromatic heterocycles. The first-order valence-corrected chi connectivity index (χ1v) is 8.51. The lowest BCUT2D eigenvalue weighted by atomic mass is 9.88. The number of hydrogen-bond acceptors (Lipinski definition) is 2. The monoisotopic (exact) mass is 352 g/mol. The predicted octanol–water partition coefficient (Wildman–Crippen LogP) is 5.57. The van der Waals surface area contributed by atoms with Crippen molar-refractivity contribution in [1.29, 1.82) is 0 Å². The Bertz CT molecular complexity index is 705.